The lowest BCUT2D eigenvalue weighted by atomic mass is 9.94. The number of piperidine rings is 1. The van der Waals surface area contributed by atoms with Crippen LogP contribution in [0.4, 0.5) is 0 Å². The summed E-state index contributed by atoms with van der Waals surface area (Å²) in [7, 11) is 1.65. The highest BCUT2D eigenvalue weighted by atomic mass is 16.5. The van der Waals surface area contributed by atoms with E-state index in [1.54, 1.807) is 7.11 Å². The van der Waals surface area contributed by atoms with Crippen molar-refractivity contribution in [2.75, 3.05) is 20.2 Å². The monoisotopic (exact) mass is 392 g/mol. The van der Waals surface area contributed by atoms with Crippen LogP contribution in [0.5, 0.6) is 11.5 Å². The summed E-state index contributed by atoms with van der Waals surface area (Å²) >= 11 is 0. The van der Waals surface area contributed by atoms with Crippen molar-refractivity contribution in [3.63, 3.8) is 0 Å². The minimum atomic E-state index is 0.327. The van der Waals surface area contributed by atoms with Crippen LogP contribution in [0, 0.1) is 12.8 Å². The highest BCUT2D eigenvalue weighted by Crippen LogP contribution is 2.29. The van der Waals surface area contributed by atoms with Gasteiger partial charge in [-0.05, 0) is 68.6 Å². The molecule has 1 aliphatic heterocycles. The summed E-state index contributed by atoms with van der Waals surface area (Å²) in [5.41, 5.74) is 2.19. The van der Waals surface area contributed by atoms with Crippen molar-refractivity contribution in [2.24, 2.45) is 5.92 Å². The van der Waals surface area contributed by atoms with Crippen LogP contribution in [0.15, 0.2) is 48.5 Å². The van der Waals surface area contributed by atoms with Crippen molar-refractivity contribution in [1.82, 2.24) is 20.1 Å². The molecule has 6 heteroatoms. The summed E-state index contributed by atoms with van der Waals surface area (Å²) in [6, 6.07) is 16.2. The molecule has 0 spiro atoms. The minimum Gasteiger partial charge on any atom is -0.493 e. The van der Waals surface area contributed by atoms with E-state index in [2.05, 4.69) is 32.2 Å². The van der Waals surface area contributed by atoms with Crippen molar-refractivity contribution in [3.05, 3.63) is 65.7 Å². The number of nitrogens with one attached hydrogen (secondary N) is 1. The molecule has 1 N–H and O–H groups in total. The zero-order valence-corrected chi connectivity index (χ0v) is 17.1. The number of ether oxygens (including phenoxy) is 2. The van der Waals surface area contributed by atoms with Gasteiger partial charge in [0.1, 0.15) is 12.4 Å². The Balaban J connectivity index is 1.60. The quantitative estimate of drug-likeness (QED) is 0.664. The smallest absolute Gasteiger partial charge is 0.175 e. The minimum absolute atomic E-state index is 0.327. The predicted octanol–water partition coefficient (Wildman–Crippen LogP) is 3.71. The number of nitrogens with zero attached hydrogens (tertiary/aromatic N) is 3. The van der Waals surface area contributed by atoms with E-state index in [1.165, 1.54) is 12.8 Å². The topological polar surface area (TPSA) is 61.2 Å². The van der Waals surface area contributed by atoms with Gasteiger partial charge in [-0.15, -0.1) is 10.2 Å². The molecule has 1 aromatic heterocycles. The van der Waals surface area contributed by atoms with Crippen LogP contribution in [-0.2, 0) is 13.0 Å². The van der Waals surface area contributed by atoms with Gasteiger partial charge in [-0.2, -0.15) is 0 Å². The van der Waals surface area contributed by atoms with Crippen molar-refractivity contribution in [3.8, 4) is 17.2 Å². The molecule has 29 heavy (non-hydrogen) atoms. The van der Waals surface area contributed by atoms with E-state index in [-0.39, 0.29) is 0 Å². The van der Waals surface area contributed by atoms with Crippen molar-refractivity contribution >= 4 is 0 Å². The molecule has 4 rings (SSSR count). The van der Waals surface area contributed by atoms with Crippen LogP contribution in [0.3, 0.4) is 0 Å². The predicted molar refractivity (Wildman–Crippen MR) is 113 cm³/mol. The molecule has 2 aromatic carbocycles. The van der Waals surface area contributed by atoms with Gasteiger partial charge >= 0.3 is 0 Å². The van der Waals surface area contributed by atoms with E-state index in [0.717, 1.165) is 53.9 Å². The molecule has 0 atom stereocenters. The van der Waals surface area contributed by atoms with Gasteiger partial charge in [0.15, 0.2) is 17.3 Å². The van der Waals surface area contributed by atoms with E-state index in [4.69, 9.17) is 9.47 Å². The Kier molecular flexibility index (Phi) is 6.10. The lowest BCUT2D eigenvalue weighted by molar-refractivity contribution is 0.274. The normalized spacial score (nSPS) is 14.7. The third-order valence-electron chi connectivity index (χ3n) is 5.42. The van der Waals surface area contributed by atoms with Gasteiger partial charge in [0, 0.05) is 12.1 Å². The number of aromatic nitrogens is 3. The second kappa shape index (κ2) is 9.09. The van der Waals surface area contributed by atoms with Crippen LogP contribution in [0.2, 0.25) is 0 Å². The Bertz CT molecular complexity index is 933. The van der Waals surface area contributed by atoms with Gasteiger partial charge in [0.2, 0.25) is 0 Å². The van der Waals surface area contributed by atoms with Crippen LogP contribution >= 0.6 is 0 Å². The second-order valence-corrected chi connectivity index (χ2v) is 7.54. The summed E-state index contributed by atoms with van der Waals surface area (Å²) in [6.45, 7) is 4.52. The van der Waals surface area contributed by atoms with Crippen molar-refractivity contribution < 1.29 is 9.47 Å². The highest BCUT2D eigenvalue weighted by molar-refractivity contribution is 5.42. The Morgan fingerprint density at radius 2 is 1.76 bits per heavy atom. The summed E-state index contributed by atoms with van der Waals surface area (Å²) in [5.74, 6) is 3.86. The molecule has 0 unspecified atom stereocenters. The molecule has 1 saturated heterocycles. The maximum absolute atomic E-state index is 6.10. The van der Waals surface area contributed by atoms with E-state index in [1.807, 2.05) is 43.3 Å². The number of rotatable bonds is 7. The van der Waals surface area contributed by atoms with Gasteiger partial charge in [-0.3, -0.25) is 4.57 Å². The van der Waals surface area contributed by atoms with Crippen LogP contribution in [0.25, 0.3) is 5.69 Å². The Morgan fingerprint density at radius 3 is 2.52 bits per heavy atom. The molecule has 1 aliphatic rings. The first-order valence-corrected chi connectivity index (χ1v) is 10.2. The molecule has 0 amide bonds. The van der Waals surface area contributed by atoms with Crippen LogP contribution in [-0.4, -0.2) is 35.0 Å². The van der Waals surface area contributed by atoms with E-state index in [0.29, 0.717) is 12.5 Å². The average Bonchev–Trinajstić information content (AvgIpc) is 3.16. The average molecular weight is 393 g/mol. The number of hydrogen-bond donors (Lipinski definition) is 1. The first-order valence-electron chi connectivity index (χ1n) is 10.2. The first kappa shape index (κ1) is 19.5. The number of aryl methyl sites for hydroxylation is 1. The molecule has 6 nitrogen and oxygen atoms in total. The lowest BCUT2D eigenvalue weighted by Gasteiger charge is -2.22. The third-order valence-corrected chi connectivity index (χ3v) is 5.42. The Morgan fingerprint density at radius 1 is 1.00 bits per heavy atom. The molecule has 152 valence electrons. The molecule has 3 aromatic rings. The zero-order chi connectivity index (χ0) is 20.1. The van der Waals surface area contributed by atoms with Gasteiger partial charge in [0.25, 0.3) is 0 Å². The molecule has 0 radical (unpaired) electrons. The van der Waals surface area contributed by atoms with Gasteiger partial charge in [0.05, 0.1) is 7.11 Å². The summed E-state index contributed by atoms with van der Waals surface area (Å²) in [5, 5.41) is 12.5. The molecular formula is C23H28N4O2. The maximum Gasteiger partial charge on any atom is 0.175 e. The third kappa shape index (κ3) is 4.59. The summed E-state index contributed by atoms with van der Waals surface area (Å²) in [4.78, 5) is 0. The van der Waals surface area contributed by atoms with Crippen molar-refractivity contribution in [1.29, 1.82) is 0 Å². The highest BCUT2D eigenvalue weighted by Gasteiger charge is 2.20. The molecule has 0 bridgehead atoms. The van der Waals surface area contributed by atoms with E-state index < -0.39 is 0 Å². The van der Waals surface area contributed by atoms with Crippen molar-refractivity contribution in [2.45, 2.75) is 32.8 Å². The number of methoxy groups -OCH3 is 1. The Labute approximate surface area is 171 Å². The molecule has 1 fully saturated rings. The van der Waals surface area contributed by atoms with Gasteiger partial charge < -0.3 is 14.8 Å². The Hall–Kier alpha value is -2.86. The van der Waals surface area contributed by atoms with Crippen LogP contribution < -0.4 is 14.8 Å². The van der Waals surface area contributed by atoms with E-state index >= 15 is 0 Å². The lowest BCUT2D eigenvalue weighted by Crippen LogP contribution is -2.29. The largest absolute Gasteiger partial charge is 0.493 e. The maximum atomic E-state index is 6.10. The summed E-state index contributed by atoms with van der Waals surface area (Å²) in [6.07, 6.45) is 3.28. The molecule has 0 aliphatic carbocycles. The fourth-order valence-electron chi connectivity index (χ4n) is 3.84. The number of para-hydroxylation sites is 1. The van der Waals surface area contributed by atoms with Gasteiger partial charge in [-0.1, -0.05) is 24.3 Å². The fourth-order valence-corrected chi connectivity index (χ4v) is 3.84. The van der Waals surface area contributed by atoms with Gasteiger partial charge in [-0.25, -0.2) is 0 Å². The number of hydrogen-bond acceptors (Lipinski definition) is 5. The SMILES string of the molecule is COc1ccc(C)cc1OCc1nnc(CC2CCNCC2)n1-c1ccccc1. The fraction of sp³-hybridized carbons (Fsp3) is 0.391. The first-order chi connectivity index (χ1) is 14.2. The summed E-state index contributed by atoms with van der Waals surface area (Å²) < 4.78 is 13.7. The molecule has 0 saturated carbocycles. The molecular weight excluding hydrogens is 364 g/mol. The van der Waals surface area contributed by atoms with E-state index in [9.17, 15) is 0 Å². The standard InChI is InChI=1S/C23H28N4O2/c1-17-8-9-20(28-2)21(14-17)29-16-23-26-25-22(15-18-10-12-24-13-11-18)27(23)19-6-4-3-5-7-19/h3-9,14,18,24H,10-13,15-16H2,1-2H3. The second-order valence-electron chi connectivity index (χ2n) is 7.54. The molecule has 2 heterocycles. The van der Waals surface area contributed by atoms with Crippen LogP contribution in [0.1, 0.15) is 30.1 Å². The zero-order valence-electron chi connectivity index (χ0n) is 17.1. The number of benzene rings is 2.